The van der Waals surface area contributed by atoms with Crippen LogP contribution in [0.2, 0.25) is 0 Å². The van der Waals surface area contributed by atoms with Crippen LogP contribution in [0.25, 0.3) is 10.9 Å². The van der Waals surface area contributed by atoms with Crippen LogP contribution in [0.15, 0.2) is 76.3 Å². The number of carbonyl (C=O) groups is 1. The number of pyridine rings is 1. The number of aryl methyl sites for hydroxylation is 1. The molecule has 1 fully saturated rings. The van der Waals surface area contributed by atoms with Crippen LogP contribution in [0, 0.1) is 0 Å². The van der Waals surface area contributed by atoms with Crippen LogP contribution in [0.3, 0.4) is 0 Å². The molecule has 0 atom stereocenters. The van der Waals surface area contributed by atoms with E-state index in [4.69, 9.17) is 0 Å². The minimum Gasteiger partial charge on any atom is -0.309 e. The first kappa shape index (κ1) is 21.1. The summed E-state index contributed by atoms with van der Waals surface area (Å²) in [7, 11) is 0. The second-order valence-corrected chi connectivity index (χ2v) is 8.36. The van der Waals surface area contributed by atoms with E-state index in [9.17, 15) is 9.59 Å². The van der Waals surface area contributed by atoms with Crippen molar-refractivity contribution in [2.24, 2.45) is 0 Å². The van der Waals surface area contributed by atoms with E-state index in [0.717, 1.165) is 52.7 Å². The zero-order valence-electron chi connectivity index (χ0n) is 18.8. The van der Waals surface area contributed by atoms with Crippen LogP contribution in [-0.4, -0.2) is 10.5 Å². The molecule has 2 aliphatic rings. The molecular formula is C27H30N2O2. The SMILES string of the molecule is C/C=C(/C1=CCC=C(C)C=C1)N(C(C)=O)c1ccc2c(c1)c(C1CC1)cc(=O)n2CC. The lowest BCUT2D eigenvalue weighted by atomic mass is 10.0. The molecule has 4 nitrogen and oxygen atoms in total. The Bertz CT molecular complexity index is 1220. The number of benzene rings is 1. The summed E-state index contributed by atoms with van der Waals surface area (Å²) in [6, 6.07) is 7.84. The first-order chi connectivity index (χ1) is 14.9. The van der Waals surface area contributed by atoms with Gasteiger partial charge in [0, 0.05) is 30.6 Å². The standard InChI is InChI=1S/C27H30N2O2/c1-5-25(21-9-7-8-18(3)10-11-21)29(19(4)30)22-14-15-26-24(16-22)23(20-12-13-20)17-27(31)28(26)6-2/h5,8-11,14-17,20H,6-7,12-13H2,1-4H3/b25-5-. The van der Waals surface area contributed by atoms with Gasteiger partial charge in [0.15, 0.2) is 0 Å². The summed E-state index contributed by atoms with van der Waals surface area (Å²) >= 11 is 0. The van der Waals surface area contributed by atoms with Crippen molar-refractivity contribution in [1.82, 2.24) is 4.57 Å². The molecule has 0 spiro atoms. The number of anilines is 1. The summed E-state index contributed by atoms with van der Waals surface area (Å²) in [6.45, 7) is 8.28. The number of allylic oxidation sites excluding steroid dienone is 6. The van der Waals surface area contributed by atoms with Gasteiger partial charge in [-0.1, -0.05) is 36.0 Å². The number of aromatic nitrogens is 1. The zero-order valence-corrected chi connectivity index (χ0v) is 18.8. The normalized spacial score (nSPS) is 16.7. The molecule has 0 unspecified atom stereocenters. The Morgan fingerprint density at radius 3 is 2.61 bits per heavy atom. The number of fused-ring (bicyclic) bond motifs is 1. The minimum atomic E-state index is -0.0348. The fraction of sp³-hybridized carbons (Fsp3) is 0.333. The average Bonchev–Trinajstić information content (AvgIpc) is 3.59. The lowest BCUT2D eigenvalue weighted by molar-refractivity contribution is -0.116. The van der Waals surface area contributed by atoms with Gasteiger partial charge in [0.2, 0.25) is 5.91 Å². The fourth-order valence-electron chi connectivity index (χ4n) is 4.43. The van der Waals surface area contributed by atoms with E-state index in [1.54, 1.807) is 17.9 Å². The van der Waals surface area contributed by atoms with E-state index < -0.39 is 0 Å². The smallest absolute Gasteiger partial charge is 0.251 e. The zero-order chi connectivity index (χ0) is 22.1. The van der Waals surface area contributed by atoms with Gasteiger partial charge in [-0.2, -0.15) is 0 Å². The molecule has 0 aliphatic heterocycles. The van der Waals surface area contributed by atoms with Crippen molar-refractivity contribution in [2.45, 2.75) is 59.4 Å². The molecule has 0 saturated heterocycles. The molecule has 0 radical (unpaired) electrons. The van der Waals surface area contributed by atoms with Gasteiger partial charge < -0.3 is 4.57 Å². The maximum Gasteiger partial charge on any atom is 0.251 e. The largest absolute Gasteiger partial charge is 0.309 e. The van der Waals surface area contributed by atoms with Crippen LogP contribution >= 0.6 is 0 Å². The van der Waals surface area contributed by atoms with Crippen molar-refractivity contribution in [3.8, 4) is 0 Å². The second-order valence-electron chi connectivity index (χ2n) is 8.36. The van der Waals surface area contributed by atoms with Gasteiger partial charge in [0.25, 0.3) is 5.56 Å². The molecule has 160 valence electrons. The van der Waals surface area contributed by atoms with Gasteiger partial charge in [-0.3, -0.25) is 14.5 Å². The van der Waals surface area contributed by atoms with Gasteiger partial charge in [0.1, 0.15) is 0 Å². The Balaban J connectivity index is 1.86. The van der Waals surface area contributed by atoms with Crippen molar-refractivity contribution in [3.63, 3.8) is 0 Å². The Labute approximate surface area is 183 Å². The molecule has 1 amide bonds. The summed E-state index contributed by atoms with van der Waals surface area (Å²) in [6.07, 6.45) is 13.6. The number of hydrogen-bond acceptors (Lipinski definition) is 2. The molecule has 1 aromatic heterocycles. The van der Waals surface area contributed by atoms with Crippen molar-refractivity contribution >= 4 is 22.5 Å². The Morgan fingerprint density at radius 2 is 1.97 bits per heavy atom. The summed E-state index contributed by atoms with van der Waals surface area (Å²) in [5.41, 5.74) is 6.08. The highest BCUT2D eigenvalue weighted by molar-refractivity contribution is 5.99. The van der Waals surface area contributed by atoms with Gasteiger partial charge >= 0.3 is 0 Å². The minimum absolute atomic E-state index is 0.0348. The molecule has 0 N–H and O–H groups in total. The Morgan fingerprint density at radius 1 is 1.19 bits per heavy atom. The van der Waals surface area contributed by atoms with Gasteiger partial charge in [0.05, 0.1) is 11.2 Å². The topological polar surface area (TPSA) is 42.3 Å². The van der Waals surface area contributed by atoms with Gasteiger partial charge in [-0.15, -0.1) is 0 Å². The summed E-state index contributed by atoms with van der Waals surface area (Å²) < 4.78 is 1.81. The molecule has 1 saturated carbocycles. The van der Waals surface area contributed by atoms with Crippen molar-refractivity contribution in [3.05, 3.63) is 87.4 Å². The van der Waals surface area contributed by atoms with E-state index in [1.807, 2.05) is 36.6 Å². The maximum atomic E-state index is 12.8. The summed E-state index contributed by atoms with van der Waals surface area (Å²) in [5.74, 6) is 0.415. The van der Waals surface area contributed by atoms with Crippen molar-refractivity contribution in [1.29, 1.82) is 0 Å². The monoisotopic (exact) mass is 414 g/mol. The van der Waals surface area contributed by atoms with Crippen LogP contribution in [0.5, 0.6) is 0 Å². The van der Waals surface area contributed by atoms with Crippen LogP contribution < -0.4 is 10.5 Å². The molecule has 2 aliphatic carbocycles. The van der Waals surface area contributed by atoms with Crippen LogP contribution in [0.4, 0.5) is 5.69 Å². The Hall–Kier alpha value is -3.14. The number of amides is 1. The molecular weight excluding hydrogens is 384 g/mol. The van der Waals surface area contributed by atoms with Crippen molar-refractivity contribution < 1.29 is 4.79 Å². The first-order valence-corrected chi connectivity index (χ1v) is 11.1. The van der Waals surface area contributed by atoms with E-state index in [2.05, 4.69) is 37.3 Å². The third kappa shape index (κ3) is 4.07. The molecule has 2 aromatic rings. The van der Waals surface area contributed by atoms with E-state index in [-0.39, 0.29) is 11.5 Å². The third-order valence-electron chi connectivity index (χ3n) is 6.15. The molecule has 1 aromatic carbocycles. The highest BCUT2D eigenvalue weighted by atomic mass is 16.2. The van der Waals surface area contributed by atoms with E-state index in [1.165, 1.54) is 5.57 Å². The van der Waals surface area contributed by atoms with Crippen LogP contribution in [0.1, 0.15) is 58.4 Å². The number of hydrogen-bond donors (Lipinski definition) is 0. The number of rotatable bonds is 5. The maximum absolute atomic E-state index is 12.8. The second kappa shape index (κ2) is 8.54. The Kier molecular flexibility index (Phi) is 5.81. The van der Waals surface area contributed by atoms with E-state index in [0.29, 0.717) is 12.5 Å². The summed E-state index contributed by atoms with van der Waals surface area (Å²) in [4.78, 5) is 27.3. The molecule has 4 rings (SSSR count). The predicted molar refractivity (Wildman–Crippen MR) is 128 cm³/mol. The fourth-order valence-corrected chi connectivity index (χ4v) is 4.43. The molecule has 31 heavy (non-hydrogen) atoms. The highest BCUT2D eigenvalue weighted by Crippen LogP contribution is 2.43. The van der Waals surface area contributed by atoms with Gasteiger partial charge in [-0.25, -0.2) is 0 Å². The third-order valence-corrected chi connectivity index (χ3v) is 6.15. The first-order valence-electron chi connectivity index (χ1n) is 11.1. The molecule has 1 heterocycles. The quantitative estimate of drug-likeness (QED) is 0.603. The molecule has 0 bridgehead atoms. The van der Waals surface area contributed by atoms with Crippen molar-refractivity contribution in [2.75, 3.05) is 4.90 Å². The molecule has 4 heteroatoms. The predicted octanol–water partition coefficient (Wildman–Crippen LogP) is 5.99. The number of nitrogens with zero attached hydrogens (tertiary/aromatic N) is 2. The lowest BCUT2D eigenvalue weighted by Crippen LogP contribution is -2.28. The van der Waals surface area contributed by atoms with Gasteiger partial charge in [-0.05, 0) is 75.3 Å². The van der Waals surface area contributed by atoms with Crippen LogP contribution in [-0.2, 0) is 11.3 Å². The average molecular weight is 415 g/mol. The lowest BCUT2D eigenvalue weighted by Gasteiger charge is -2.26. The highest BCUT2D eigenvalue weighted by Gasteiger charge is 2.27. The van der Waals surface area contributed by atoms with E-state index >= 15 is 0 Å². The summed E-state index contributed by atoms with van der Waals surface area (Å²) in [5, 5.41) is 1.08. The number of carbonyl (C=O) groups excluding carboxylic acids is 1.